The molecule has 122 valence electrons. The number of nitrogens with zero attached hydrogens (tertiary/aromatic N) is 3. The number of hydrogen-bond acceptors (Lipinski definition) is 2. The molecule has 0 unspecified atom stereocenters. The number of aryl methyl sites for hydroxylation is 3. The lowest BCUT2D eigenvalue weighted by Crippen LogP contribution is -2.30. The van der Waals surface area contributed by atoms with E-state index in [0.29, 0.717) is 17.5 Å². The largest absolute Gasteiger partial charge is 0.349 e. The van der Waals surface area contributed by atoms with Gasteiger partial charge in [-0.15, -0.1) is 0 Å². The van der Waals surface area contributed by atoms with Gasteiger partial charge in [0.15, 0.2) is 0 Å². The van der Waals surface area contributed by atoms with Crippen molar-refractivity contribution in [3.8, 4) is 0 Å². The first-order valence-electron chi connectivity index (χ1n) is 8.04. The molecule has 4 rings (SSSR count). The normalized spacial score (nSPS) is 13.5. The summed E-state index contributed by atoms with van der Waals surface area (Å²) in [6, 6.07) is 7.95. The van der Waals surface area contributed by atoms with Gasteiger partial charge in [-0.1, -0.05) is 18.2 Å². The third kappa shape index (κ3) is 1.94. The maximum atomic E-state index is 13.2. The van der Waals surface area contributed by atoms with Crippen LogP contribution in [-0.4, -0.2) is 21.6 Å². The second-order valence-corrected chi connectivity index (χ2v) is 6.44. The van der Waals surface area contributed by atoms with Crippen molar-refractivity contribution in [2.24, 2.45) is 14.1 Å². The van der Waals surface area contributed by atoms with E-state index in [1.165, 1.54) is 5.56 Å². The number of carbonyl (C=O) groups is 1. The summed E-state index contributed by atoms with van der Waals surface area (Å²) < 4.78 is 3.42. The number of pyridine rings is 1. The molecule has 0 saturated carbocycles. The highest BCUT2D eigenvalue weighted by Crippen LogP contribution is 2.30. The van der Waals surface area contributed by atoms with Crippen LogP contribution in [0.5, 0.6) is 0 Å². The number of benzene rings is 1. The van der Waals surface area contributed by atoms with Gasteiger partial charge in [0.05, 0.1) is 16.5 Å². The van der Waals surface area contributed by atoms with E-state index in [1.54, 1.807) is 22.7 Å². The molecule has 0 radical (unpaired) electrons. The lowest BCUT2D eigenvalue weighted by atomic mass is 10.1. The SMILES string of the molecule is Cc1cn(C)c(=O)c2c(C(=O)N3CCc4ccccc43)cn(C)c12. The molecule has 1 aliphatic rings. The number of hydrogen-bond donors (Lipinski definition) is 0. The van der Waals surface area contributed by atoms with Crippen LogP contribution in [0.1, 0.15) is 21.5 Å². The lowest BCUT2D eigenvalue weighted by Gasteiger charge is -2.16. The third-order valence-electron chi connectivity index (χ3n) is 4.84. The van der Waals surface area contributed by atoms with Crippen molar-refractivity contribution in [2.75, 3.05) is 11.4 Å². The van der Waals surface area contributed by atoms with Gasteiger partial charge in [0.1, 0.15) is 0 Å². The van der Waals surface area contributed by atoms with Crippen LogP contribution < -0.4 is 10.5 Å². The van der Waals surface area contributed by atoms with Gasteiger partial charge in [-0.05, 0) is 30.5 Å². The zero-order valence-corrected chi connectivity index (χ0v) is 14.0. The Morgan fingerprint density at radius 3 is 2.62 bits per heavy atom. The molecule has 2 aromatic heterocycles. The van der Waals surface area contributed by atoms with Gasteiger partial charge in [0.2, 0.25) is 0 Å². The average Bonchev–Trinajstić information content (AvgIpc) is 3.13. The highest BCUT2D eigenvalue weighted by atomic mass is 16.2. The van der Waals surface area contributed by atoms with Crippen LogP contribution in [0.2, 0.25) is 0 Å². The molecule has 0 saturated heterocycles. The molecular weight excluding hydrogens is 302 g/mol. The van der Waals surface area contributed by atoms with Gasteiger partial charge in [0, 0.05) is 38.7 Å². The van der Waals surface area contributed by atoms with Gasteiger partial charge in [-0.25, -0.2) is 0 Å². The van der Waals surface area contributed by atoms with Gasteiger partial charge in [0.25, 0.3) is 11.5 Å². The molecule has 5 heteroatoms. The van der Waals surface area contributed by atoms with Crippen molar-refractivity contribution in [3.05, 3.63) is 63.7 Å². The molecule has 0 bridgehead atoms. The maximum Gasteiger partial charge on any atom is 0.260 e. The summed E-state index contributed by atoms with van der Waals surface area (Å²) in [4.78, 5) is 27.6. The van der Waals surface area contributed by atoms with Gasteiger partial charge >= 0.3 is 0 Å². The molecule has 1 amide bonds. The molecule has 0 fully saturated rings. The number of rotatable bonds is 1. The summed E-state index contributed by atoms with van der Waals surface area (Å²) in [5, 5.41) is 0.509. The van der Waals surface area contributed by atoms with E-state index >= 15 is 0 Å². The first kappa shape index (κ1) is 14.8. The highest BCUT2D eigenvalue weighted by molar-refractivity contribution is 6.15. The fourth-order valence-corrected chi connectivity index (χ4v) is 3.76. The molecule has 24 heavy (non-hydrogen) atoms. The molecular formula is C19H19N3O2. The van der Waals surface area contributed by atoms with E-state index in [9.17, 15) is 9.59 Å². The molecule has 5 nitrogen and oxygen atoms in total. The van der Waals surface area contributed by atoms with Gasteiger partial charge in [-0.3, -0.25) is 9.59 Å². The summed E-state index contributed by atoms with van der Waals surface area (Å²) in [5.74, 6) is -0.103. The van der Waals surface area contributed by atoms with E-state index in [-0.39, 0.29) is 11.5 Å². The summed E-state index contributed by atoms with van der Waals surface area (Å²) >= 11 is 0. The quantitative estimate of drug-likeness (QED) is 0.691. The topological polar surface area (TPSA) is 47.2 Å². The lowest BCUT2D eigenvalue weighted by molar-refractivity contribution is 0.0990. The van der Waals surface area contributed by atoms with Crippen molar-refractivity contribution < 1.29 is 4.79 Å². The Labute approximate surface area is 139 Å². The summed E-state index contributed by atoms with van der Waals surface area (Å²) in [5.41, 5.74) is 4.28. The van der Waals surface area contributed by atoms with E-state index in [0.717, 1.165) is 23.2 Å². The Morgan fingerprint density at radius 2 is 1.83 bits per heavy atom. The predicted octanol–water partition coefficient (Wildman–Crippen LogP) is 2.39. The van der Waals surface area contributed by atoms with Crippen LogP contribution in [0.15, 0.2) is 41.5 Å². The standard InChI is InChI=1S/C19H19N3O2/c1-12-10-21(3)19(24)16-14(11-20(2)17(12)16)18(23)22-9-8-13-6-4-5-7-15(13)22/h4-7,10-11H,8-9H2,1-3H3. The van der Waals surface area contributed by atoms with Crippen molar-refractivity contribution in [2.45, 2.75) is 13.3 Å². The van der Waals surface area contributed by atoms with E-state index in [1.807, 2.05) is 42.9 Å². The Hall–Kier alpha value is -2.82. The van der Waals surface area contributed by atoms with Crippen molar-refractivity contribution in [3.63, 3.8) is 0 Å². The second kappa shape index (κ2) is 5.09. The molecule has 1 aliphatic heterocycles. The van der Waals surface area contributed by atoms with Crippen molar-refractivity contribution in [1.82, 2.24) is 9.13 Å². The zero-order valence-electron chi connectivity index (χ0n) is 14.0. The zero-order chi connectivity index (χ0) is 17.0. The van der Waals surface area contributed by atoms with E-state index < -0.39 is 0 Å². The van der Waals surface area contributed by atoms with Crippen LogP contribution in [0, 0.1) is 6.92 Å². The fourth-order valence-electron chi connectivity index (χ4n) is 3.76. The Kier molecular flexibility index (Phi) is 3.13. The number of amides is 1. The number of fused-ring (bicyclic) bond motifs is 2. The Balaban J connectivity index is 1.92. The second-order valence-electron chi connectivity index (χ2n) is 6.44. The molecule has 0 atom stereocenters. The minimum Gasteiger partial charge on any atom is -0.349 e. The summed E-state index contributed by atoms with van der Waals surface area (Å²) in [6.45, 7) is 2.61. The summed E-state index contributed by atoms with van der Waals surface area (Å²) in [7, 11) is 3.60. The molecule has 3 aromatic rings. The van der Waals surface area contributed by atoms with E-state index in [4.69, 9.17) is 0 Å². The monoisotopic (exact) mass is 321 g/mol. The van der Waals surface area contributed by atoms with Crippen LogP contribution in [0.25, 0.3) is 10.9 Å². The van der Waals surface area contributed by atoms with Crippen LogP contribution in [0.3, 0.4) is 0 Å². The summed E-state index contributed by atoms with van der Waals surface area (Å²) in [6.07, 6.45) is 4.44. The van der Waals surface area contributed by atoms with Gasteiger partial charge < -0.3 is 14.0 Å². The Bertz CT molecular complexity index is 1040. The first-order chi connectivity index (χ1) is 11.5. The molecule has 0 spiro atoms. The van der Waals surface area contributed by atoms with Crippen LogP contribution in [0.4, 0.5) is 5.69 Å². The van der Waals surface area contributed by atoms with Crippen LogP contribution >= 0.6 is 0 Å². The number of para-hydroxylation sites is 1. The Morgan fingerprint density at radius 1 is 1.08 bits per heavy atom. The number of carbonyl (C=O) groups excluding carboxylic acids is 1. The highest BCUT2D eigenvalue weighted by Gasteiger charge is 2.28. The van der Waals surface area contributed by atoms with Gasteiger partial charge in [-0.2, -0.15) is 0 Å². The third-order valence-corrected chi connectivity index (χ3v) is 4.84. The van der Waals surface area contributed by atoms with Crippen molar-refractivity contribution >= 4 is 22.5 Å². The smallest absolute Gasteiger partial charge is 0.260 e. The van der Waals surface area contributed by atoms with Crippen molar-refractivity contribution in [1.29, 1.82) is 0 Å². The molecule has 0 aliphatic carbocycles. The predicted molar refractivity (Wildman–Crippen MR) is 94.7 cm³/mol. The van der Waals surface area contributed by atoms with E-state index in [2.05, 4.69) is 6.07 Å². The minimum atomic E-state index is -0.132. The molecule has 3 heterocycles. The average molecular weight is 321 g/mol. The maximum absolute atomic E-state index is 13.2. The number of anilines is 1. The molecule has 1 aromatic carbocycles. The molecule has 0 N–H and O–H groups in total. The fraction of sp³-hybridized carbons (Fsp3) is 0.263. The first-order valence-corrected chi connectivity index (χ1v) is 8.04. The minimum absolute atomic E-state index is 0.103. The van der Waals surface area contributed by atoms with Crippen LogP contribution in [-0.2, 0) is 20.5 Å². The number of aromatic nitrogens is 2.